The number of rotatable bonds is 2. The Balaban J connectivity index is 2.46. The first-order chi connectivity index (χ1) is 10.1. The van der Waals surface area contributed by atoms with Crippen LogP contribution in [-0.2, 0) is 0 Å². The Labute approximate surface area is 119 Å². The normalized spacial score (nSPS) is 10.7. The van der Waals surface area contributed by atoms with Gasteiger partial charge in [0.15, 0.2) is 0 Å². The highest BCUT2D eigenvalue weighted by Gasteiger charge is 2.19. The van der Waals surface area contributed by atoms with Gasteiger partial charge in [-0.25, -0.2) is 0 Å². The van der Waals surface area contributed by atoms with Crippen LogP contribution in [0.15, 0.2) is 53.3 Å². The molecule has 0 spiro atoms. The molecule has 0 aliphatic heterocycles. The molecule has 3 rings (SSSR count). The van der Waals surface area contributed by atoms with Crippen molar-refractivity contribution in [3.8, 4) is 5.69 Å². The van der Waals surface area contributed by atoms with Crippen molar-refractivity contribution in [2.24, 2.45) is 0 Å². The van der Waals surface area contributed by atoms with Gasteiger partial charge in [-0.3, -0.25) is 14.9 Å². The van der Waals surface area contributed by atoms with Crippen LogP contribution in [0.4, 0.5) is 5.69 Å². The number of nitrogens with zero attached hydrogens (tertiary/aromatic N) is 3. The SMILES string of the molecule is Cc1nn(-c2ccccc2)c(=O)c2c([N+](=O)[O-])cccc12. The number of para-hydroxylation sites is 1. The third-order valence-corrected chi connectivity index (χ3v) is 3.29. The number of nitro groups is 1. The summed E-state index contributed by atoms with van der Waals surface area (Å²) in [6.45, 7) is 1.73. The van der Waals surface area contributed by atoms with Crippen molar-refractivity contribution in [2.45, 2.75) is 6.92 Å². The van der Waals surface area contributed by atoms with Crippen LogP contribution in [0.25, 0.3) is 16.5 Å². The van der Waals surface area contributed by atoms with Crippen molar-refractivity contribution in [1.82, 2.24) is 9.78 Å². The lowest BCUT2D eigenvalue weighted by Crippen LogP contribution is -2.23. The van der Waals surface area contributed by atoms with Gasteiger partial charge in [-0.2, -0.15) is 9.78 Å². The quantitative estimate of drug-likeness (QED) is 0.534. The van der Waals surface area contributed by atoms with Gasteiger partial charge >= 0.3 is 0 Å². The maximum Gasteiger partial charge on any atom is 0.286 e. The minimum atomic E-state index is -0.543. The molecular formula is C15H11N3O3. The lowest BCUT2D eigenvalue weighted by atomic mass is 10.1. The molecule has 1 aromatic heterocycles. The number of hydrogen-bond acceptors (Lipinski definition) is 4. The van der Waals surface area contributed by atoms with Crippen molar-refractivity contribution in [3.63, 3.8) is 0 Å². The largest absolute Gasteiger partial charge is 0.286 e. The maximum absolute atomic E-state index is 12.6. The van der Waals surface area contributed by atoms with Crippen molar-refractivity contribution in [1.29, 1.82) is 0 Å². The minimum absolute atomic E-state index is 0.0823. The Kier molecular flexibility index (Phi) is 2.98. The number of fused-ring (bicyclic) bond motifs is 1. The Morgan fingerprint density at radius 2 is 1.81 bits per heavy atom. The number of benzene rings is 2. The second-order valence-corrected chi connectivity index (χ2v) is 4.59. The number of aryl methyl sites for hydroxylation is 1. The van der Waals surface area contributed by atoms with Gasteiger partial charge < -0.3 is 0 Å². The van der Waals surface area contributed by atoms with Gasteiger partial charge in [0.25, 0.3) is 11.2 Å². The monoisotopic (exact) mass is 281 g/mol. The number of aromatic nitrogens is 2. The third kappa shape index (κ3) is 2.06. The van der Waals surface area contributed by atoms with E-state index < -0.39 is 10.5 Å². The van der Waals surface area contributed by atoms with E-state index in [0.717, 1.165) is 0 Å². The molecule has 0 bridgehead atoms. The maximum atomic E-state index is 12.6. The van der Waals surface area contributed by atoms with E-state index in [1.54, 1.807) is 43.3 Å². The smallest absolute Gasteiger partial charge is 0.266 e. The number of hydrogen-bond donors (Lipinski definition) is 0. The summed E-state index contributed by atoms with van der Waals surface area (Å²) in [5, 5.41) is 16.0. The lowest BCUT2D eigenvalue weighted by Gasteiger charge is -2.08. The van der Waals surface area contributed by atoms with Crippen LogP contribution in [0.3, 0.4) is 0 Å². The molecule has 0 fully saturated rings. The molecule has 0 N–H and O–H groups in total. The molecule has 104 valence electrons. The molecule has 0 atom stereocenters. The Morgan fingerprint density at radius 3 is 2.48 bits per heavy atom. The molecule has 6 heteroatoms. The molecular weight excluding hydrogens is 270 g/mol. The van der Waals surface area contributed by atoms with Gasteiger partial charge in [-0.15, -0.1) is 0 Å². The Bertz CT molecular complexity index is 901. The summed E-state index contributed by atoms with van der Waals surface area (Å²) in [6, 6.07) is 13.4. The van der Waals surface area contributed by atoms with Gasteiger partial charge in [-0.05, 0) is 19.1 Å². The third-order valence-electron chi connectivity index (χ3n) is 3.29. The molecule has 1 heterocycles. The minimum Gasteiger partial charge on any atom is -0.266 e. The van der Waals surface area contributed by atoms with E-state index >= 15 is 0 Å². The van der Waals surface area contributed by atoms with Gasteiger partial charge in [0.2, 0.25) is 0 Å². The van der Waals surface area contributed by atoms with E-state index in [0.29, 0.717) is 16.8 Å². The summed E-state index contributed by atoms with van der Waals surface area (Å²) in [7, 11) is 0. The summed E-state index contributed by atoms with van der Waals surface area (Å²) in [6.07, 6.45) is 0. The van der Waals surface area contributed by atoms with Crippen molar-refractivity contribution < 1.29 is 4.92 Å². The summed E-state index contributed by atoms with van der Waals surface area (Å²) in [5.41, 5.74) is 0.449. The molecule has 0 saturated carbocycles. The van der Waals surface area contributed by atoms with E-state index in [1.807, 2.05) is 6.07 Å². The predicted octanol–water partition coefficient (Wildman–Crippen LogP) is 2.60. The fraction of sp³-hybridized carbons (Fsp3) is 0.0667. The van der Waals surface area contributed by atoms with Crippen LogP contribution in [0, 0.1) is 17.0 Å². The van der Waals surface area contributed by atoms with Crippen LogP contribution in [0.2, 0.25) is 0 Å². The molecule has 0 unspecified atom stereocenters. The summed E-state index contributed by atoms with van der Waals surface area (Å²) in [5.74, 6) is 0. The average Bonchev–Trinajstić information content (AvgIpc) is 2.51. The van der Waals surface area contributed by atoms with E-state index in [2.05, 4.69) is 5.10 Å². The fourth-order valence-electron chi connectivity index (χ4n) is 2.32. The van der Waals surface area contributed by atoms with E-state index in [4.69, 9.17) is 0 Å². The molecule has 21 heavy (non-hydrogen) atoms. The van der Waals surface area contributed by atoms with Crippen molar-refractivity contribution in [3.05, 3.63) is 74.7 Å². The van der Waals surface area contributed by atoms with Crippen LogP contribution in [-0.4, -0.2) is 14.7 Å². The first-order valence-electron chi connectivity index (χ1n) is 6.32. The molecule has 2 aromatic carbocycles. The highest BCUT2D eigenvalue weighted by Crippen LogP contribution is 2.23. The number of nitro benzene ring substituents is 1. The zero-order chi connectivity index (χ0) is 15.0. The standard InChI is InChI=1S/C15H11N3O3/c1-10-12-8-5-9-13(18(20)21)14(12)15(19)17(16-10)11-6-3-2-4-7-11/h2-9H,1H3. The van der Waals surface area contributed by atoms with E-state index in [9.17, 15) is 14.9 Å². The second kappa shape index (κ2) is 4.82. The highest BCUT2D eigenvalue weighted by atomic mass is 16.6. The Hall–Kier alpha value is -3.02. The van der Waals surface area contributed by atoms with Crippen molar-refractivity contribution in [2.75, 3.05) is 0 Å². The summed E-state index contributed by atoms with van der Waals surface area (Å²) in [4.78, 5) is 23.2. The molecule has 0 aliphatic rings. The van der Waals surface area contributed by atoms with E-state index in [1.165, 1.54) is 10.7 Å². The van der Waals surface area contributed by atoms with Crippen LogP contribution >= 0.6 is 0 Å². The molecule has 0 amide bonds. The first-order valence-corrected chi connectivity index (χ1v) is 6.32. The van der Waals surface area contributed by atoms with Crippen LogP contribution in [0.5, 0.6) is 0 Å². The summed E-state index contributed by atoms with van der Waals surface area (Å²) >= 11 is 0. The van der Waals surface area contributed by atoms with Gasteiger partial charge in [0, 0.05) is 11.5 Å². The fourth-order valence-corrected chi connectivity index (χ4v) is 2.32. The molecule has 3 aromatic rings. The molecule has 0 saturated heterocycles. The van der Waals surface area contributed by atoms with Gasteiger partial charge in [0.05, 0.1) is 16.3 Å². The first kappa shape index (κ1) is 13.0. The molecule has 6 nitrogen and oxygen atoms in total. The topological polar surface area (TPSA) is 78.0 Å². The van der Waals surface area contributed by atoms with Gasteiger partial charge in [-0.1, -0.05) is 30.3 Å². The highest BCUT2D eigenvalue weighted by molar-refractivity contribution is 5.91. The lowest BCUT2D eigenvalue weighted by molar-refractivity contribution is -0.383. The van der Waals surface area contributed by atoms with Crippen LogP contribution in [0.1, 0.15) is 5.69 Å². The van der Waals surface area contributed by atoms with Crippen molar-refractivity contribution >= 4 is 16.5 Å². The summed E-state index contributed by atoms with van der Waals surface area (Å²) < 4.78 is 1.20. The zero-order valence-corrected chi connectivity index (χ0v) is 11.2. The predicted molar refractivity (Wildman–Crippen MR) is 78.7 cm³/mol. The molecule has 0 radical (unpaired) electrons. The van der Waals surface area contributed by atoms with Crippen LogP contribution < -0.4 is 5.56 Å². The second-order valence-electron chi connectivity index (χ2n) is 4.59. The van der Waals surface area contributed by atoms with E-state index in [-0.39, 0.29) is 11.1 Å². The zero-order valence-electron chi connectivity index (χ0n) is 11.2. The Morgan fingerprint density at radius 1 is 1.10 bits per heavy atom. The number of non-ortho nitro benzene ring substituents is 1. The molecule has 0 aliphatic carbocycles. The average molecular weight is 281 g/mol. The van der Waals surface area contributed by atoms with Gasteiger partial charge in [0.1, 0.15) is 5.39 Å².